The molecule has 1 fully saturated rings. The minimum absolute atomic E-state index is 0.0815. The molecule has 0 radical (unpaired) electrons. The van der Waals surface area contributed by atoms with E-state index >= 15 is 0 Å². The maximum Gasteiger partial charge on any atom is 0.318 e. The normalized spacial score (nSPS) is 16.0. The van der Waals surface area contributed by atoms with Crippen LogP contribution < -0.4 is 5.32 Å². The lowest BCUT2D eigenvalue weighted by Crippen LogP contribution is -2.46. The molecule has 3 rings (SSSR count). The van der Waals surface area contributed by atoms with Gasteiger partial charge >= 0.3 is 6.03 Å². The van der Waals surface area contributed by atoms with E-state index in [-0.39, 0.29) is 17.9 Å². The number of carbonyl (C=O) groups is 1. The largest absolute Gasteiger partial charge is 0.378 e. The Labute approximate surface area is 144 Å². The van der Waals surface area contributed by atoms with Crippen molar-refractivity contribution in [1.29, 1.82) is 0 Å². The van der Waals surface area contributed by atoms with Gasteiger partial charge in [0.15, 0.2) is 0 Å². The smallest absolute Gasteiger partial charge is 0.318 e. The summed E-state index contributed by atoms with van der Waals surface area (Å²) in [5.74, 6) is -0.265. The van der Waals surface area contributed by atoms with Crippen LogP contribution in [0.1, 0.15) is 23.5 Å². The highest BCUT2D eigenvalue weighted by Gasteiger charge is 2.21. The van der Waals surface area contributed by atoms with E-state index in [1.165, 1.54) is 23.5 Å². The molecular weight excluding hydrogens is 329 g/mol. The van der Waals surface area contributed by atoms with Gasteiger partial charge in [0.25, 0.3) is 0 Å². The molecule has 0 bridgehead atoms. The molecule has 2 aromatic rings. The van der Waals surface area contributed by atoms with E-state index in [1.807, 2.05) is 13.8 Å². The molecule has 24 heavy (non-hydrogen) atoms. The Morgan fingerprint density at radius 1 is 1.33 bits per heavy atom. The molecule has 1 aromatic heterocycles. The van der Waals surface area contributed by atoms with Gasteiger partial charge in [0.1, 0.15) is 10.8 Å². The topological polar surface area (TPSA) is 54.5 Å². The summed E-state index contributed by atoms with van der Waals surface area (Å²) < 4.78 is 18.3. The van der Waals surface area contributed by atoms with Crippen molar-refractivity contribution in [2.24, 2.45) is 0 Å². The van der Waals surface area contributed by atoms with E-state index in [0.29, 0.717) is 26.3 Å². The Balaban J connectivity index is 1.71. The van der Waals surface area contributed by atoms with Crippen LogP contribution in [0.15, 0.2) is 24.3 Å². The standard InChI is InChI=1S/C17H20FN3O2S/c1-11-15(12(2)20-17(22)21-7-9-23-10-8-21)24-16(19-11)13-3-5-14(18)6-4-13/h3-6,12H,7-10H2,1-2H3,(H,20,22)/t12-/m0/s1. The van der Waals surface area contributed by atoms with Crippen molar-refractivity contribution in [3.8, 4) is 10.6 Å². The molecule has 1 aliphatic rings. The highest BCUT2D eigenvalue weighted by molar-refractivity contribution is 7.15. The van der Waals surface area contributed by atoms with Crippen molar-refractivity contribution in [2.45, 2.75) is 19.9 Å². The van der Waals surface area contributed by atoms with Crippen molar-refractivity contribution in [1.82, 2.24) is 15.2 Å². The van der Waals surface area contributed by atoms with Crippen LogP contribution in [0.3, 0.4) is 0 Å². The minimum atomic E-state index is -0.265. The zero-order chi connectivity index (χ0) is 17.1. The Morgan fingerprint density at radius 2 is 2.00 bits per heavy atom. The lowest BCUT2D eigenvalue weighted by molar-refractivity contribution is 0.0526. The molecule has 5 nitrogen and oxygen atoms in total. The molecule has 1 N–H and O–H groups in total. The number of nitrogens with zero attached hydrogens (tertiary/aromatic N) is 2. The average molecular weight is 349 g/mol. The van der Waals surface area contributed by atoms with Gasteiger partial charge in [-0.05, 0) is 38.1 Å². The van der Waals surface area contributed by atoms with Crippen LogP contribution in [0.2, 0.25) is 0 Å². The van der Waals surface area contributed by atoms with Gasteiger partial charge in [0, 0.05) is 18.7 Å². The maximum atomic E-state index is 13.1. The summed E-state index contributed by atoms with van der Waals surface area (Å²) in [5.41, 5.74) is 1.76. The molecule has 0 saturated carbocycles. The number of morpholine rings is 1. The van der Waals surface area contributed by atoms with Gasteiger partial charge in [-0.2, -0.15) is 0 Å². The zero-order valence-electron chi connectivity index (χ0n) is 13.7. The molecular formula is C17H20FN3O2S. The molecule has 0 spiro atoms. The van der Waals surface area contributed by atoms with Gasteiger partial charge in [0.05, 0.1) is 29.8 Å². The fourth-order valence-corrected chi connectivity index (χ4v) is 3.71. The molecule has 2 amide bonds. The fraction of sp³-hybridized carbons (Fsp3) is 0.412. The number of nitrogens with one attached hydrogen (secondary N) is 1. The van der Waals surface area contributed by atoms with Crippen LogP contribution in [-0.2, 0) is 4.74 Å². The lowest BCUT2D eigenvalue weighted by atomic mass is 10.2. The van der Waals surface area contributed by atoms with Gasteiger partial charge in [0.2, 0.25) is 0 Å². The van der Waals surface area contributed by atoms with Gasteiger partial charge in [-0.15, -0.1) is 11.3 Å². The molecule has 7 heteroatoms. The van der Waals surface area contributed by atoms with Crippen LogP contribution in [0.4, 0.5) is 9.18 Å². The number of amides is 2. The first-order valence-corrected chi connectivity index (χ1v) is 8.72. The molecule has 1 aliphatic heterocycles. The zero-order valence-corrected chi connectivity index (χ0v) is 14.5. The number of hydrogen-bond donors (Lipinski definition) is 1. The molecule has 1 saturated heterocycles. The first-order chi connectivity index (χ1) is 11.5. The Hall–Kier alpha value is -1.99. The summed E-state index contributed by atoms with van der Waals surface area (Å²) in [6.45, 7) is 6.26. The van der Waals surface area contributed by atoms with Gasteiger partial charge in [-0.3, -0.25) is 0 Å². The maximum absolute atomic E-state index is 13.1. The van der Waals surface area contributed by atoms with Crippen LogP contribution >= 0.6 is 11.3 Å². The van der Waals surface area contributed by atoms with Gasteiger partial charge in [-0.1, -0.05) is 0 Å². The molecule has 0 aliphatic carbocycles. The summed E-state index contributed by atoms with van der Waals surface area (Å²) in [5, 5.41) is 3.85. The van der Waals surface area contributed by atoms with Gasteiger partial charge in [-0.25, -0.2) is 14.2 Å². The first kappa shape index (κ1) is 16.9. The third-order valence-electron chi connectivity index (χ3n) is 3.96. The third-order valence-corrected chi connectivity index (χ3v) is 5.34. The number of ether oxygens (including phenoxy) is 1. The average Bonchev–Trinajstić information content (AvgIpc) is 2.98. The minimum Gasteiger partial charge on any atom is -0.378 e. The summed E-state index contributed by atoms with van der Waals surface area (Å²) in [4.78, 5) is 19.6. The number of hydrogen-bond acceptors (Lipinski definition) is 4. The number of thiazole rings is 1. The monoisotopic (exact) mass is 349 g/mol. The quantitative estimate of drug-likeness (QED) is 0.924. The van der Waals surface area contributed by atoms with E-state index in [4.69, 9.17) is 4.74 Å². The number of carbonyl (C=O) groups excluding carboxylic acids is 1. The molecule has 2 heterocycles. The molecule has 1 atom stereocenters. The van der Waals surface area contributed by atoms with E-state index in [2.05, 4.69) is 10.3 Å². The van der Waals surface area contributed by atoms with Crippen LogP contribution in [0, 0.1) is 12.7 Å². The summed E-state index contributed by atoms with van der Waals surface area (Å²) >= 11 is 1.52. The fourth-order valence-electron chi connectivity index (χ4n) is 2.63. The summed E-state index contributed by atoms with van der Waals surface area (Å²) in [6, 6.07) is 6.07. The van der Waals surface area contributed by atoms with Crippen LogP contribution in [0.25, 0.3) is 10.6 Å². The molecule has 0 unspecified atom stereocenters. The number of aryl methyl sites for hydroxylation is 1. The van der Waals surface area contributed by atoms with Crippen LogP contribution in [0.5, 0.6) is 0 Å². The number of urea groups is 1. The van der Waals surface area contributed by atoms with Crippen LogP contribution in [-0.4, -0.2) is 42.2 Å². The predicted molar refractivity (Wildman–Crippen MR) is 91.6 cm³/mol. The molecule has 1 aromatic carbocycles. The van der Waals surface area contributed by atoms with E-state index in [9.17, 15) is 9.18 Å². The lowest BCUT2D eigenvalue weighted by Gasteiger charge is -2.28. The second-order valence-electron chi connectivity index (χ2n) is 5.75. The Kier molecular flexibility index (Phi) is 5.11. The predicted octanol–water partition coefficient (Wildman–Crippen LogP) is 3.36. The second kappa shape index (κ2) is 7.27. The van der Waals surface area contributed by atoms with Crippen molar-refractivity contribution < 1.29 is 13.9 Å². The van der Waals surface area contributed by atoms with E-state index < -0.39 is 0 Å². The Bertz CT molecular complexity index is 711. The highest BCUT2D eigenvalue weighted by Crippen LogP contribution is 2.31. The van der Waals surface area contributed by atoms with E-state index in [1.54, 1.807) is 17.0 Å². The van der Waals surface area contributed by atoms with Crippen molar-refractivity contribution >= 4 is 17.4 Å². The molecule has 128 valence electrons. The second-order valence-corrected chi connectivity index (χ2v) is 6.78. The Morgan fingerprint density at radius 3 is 2.67 bits per heavy atom. The number of halogens is 1. The number of aromatic nitrogens is 1. The summed E-state index contributed by atoms with van der Waals surface area (Å²) in [6.07, 6.45) is 0. The summed E-state index contributed by atoms with van der Waals surface area (Å²) in [7, 11) is 0. The third kappa shape index (κ3) is 3.73. The highest BCUT2D eigenvalue weighted by atomic mass is 32.1. The van der Waals surface area contributed by atoms with Crippen molar-refractivity contribution in [3.63, 3.8) is 0 Å². The number of benzene rings is 1. The van der Waals surface area contributed by atoms with Crippen molar-refractivity contribution in [2.75, 3.05) is 26.3 Å². The SMILES string of the molecule is Cc1nc(-c2ccc(F)cc2)sc1[C@H](C)NC(=O)N1CCOCC1. The van der Waals surface area contributed by atoms with Gasteiger partial charge < -0.3 is 15.0 Å². The van der Waals surface area contributed by atoms with E-state index in [0.717, 1.165) is 21.1 Å². The number of rotatable bonds is 3. The van der Waals surface area contributed by atoms with Crippen molar-refractivity contribution in [3.05, 3.63) is 40.7 Å². The first-order valence-electron chi connectivity index (χ1n) is 7.91.